The average Bonchev–Trinajstić information content (AvgIpc) is 2.62. The van der Waals surface area contributed by atoms with Crippen molar-refractivity contribution < 1.29 is 13.6 Å². The zero-order valence-electron chi connectivity index (χ0n) is 13.2. The Balaban J connectivity index is 1.98. The molecule has 0 saturated carbocycles. The molecule has 0 fully saturated rings. The number of carbonyl (C=O) groups excluding carboxylic acids is 1. The Bertz CT molecular complexity index is 954. The summed E-state index contributed by atoms with van der Waals surface area (Å²) in [6.07, 6.45) is 1.18. The fourth-order valence-corrected chi connectivity index (χ4v) is 2.39. The van der Waals surface area contributed by atoms with Gasteiger partial charge in [0.1, 0.15) is 11.6 Å². The lowest BCUT2D eigenvalue weighted by Crippen LogP contribution is -2.07. The molecule has 0 spiro atoms. The molecule has 1 amide bonds. The molecule has 3 aromatic rings. The fraction of sp³-hybridized carbons (Fsp3) is 0. The third-order valence-corrected chi connectivity index (χ3v) is 3.57. The van der Waals surface area contributed by atoms with Crippen LogP contribution in [0.15, 0.2) is 73.3 Å². The second kappa shape index (κ2) is 7.05. The van der Waals surface area contributed by atoms with Gasteiger partial charge in [0, 0.05) is 22.9 Å². The molecule has 0 unspecified atom stereocenters. The van der Waals surface area contributed by atoms with Gasteiger partial charge >= 0.3 is 0 Å². The number of nitrogens with zero attached hydrogens (tertiary/aromatic N) is 1. The monoisotopic (exact) mass is 336 g/mol. The van der Waals surface area contributed by atoms with Gasteiger partial charge in [-0.05, 0) is 42.5 Å². The maximum Gasteiger partial charge on any atom is 0.247 e. The molecule has 0 aliphatic rings. The molecule has 1 N–H and O–H groups in total. The molecule has 2 aromatic carbocycles. The molecule has 0 saturated heterocycles. The zero-order chi connectivity index (χ0) is 17.8. The summed E-state index contributed by atoms with van der Waals surface area (Å²) >= 11 is 0. The molecule has 124 valence electrons. The van der Waals surface area contributed by atoms with Crippen molar-refractivity contribution in [3.05, 3.63) is 85.0 Å². The van der Waals surface area contributed by atoms with Gasteiger partial charge in [0.15, 0.2) is 0 Å². The smallest absolute Gasteiger partial charge is 0.247 e. The highest BCUT2D eigenvalue weighted by molar-refractivity contribution is 5.99. The van der Waals surface area contributed by atoms with Crippen LogP contribution in [-0.4, -0.2) is 10.9 Å². The molecule has 0 radical (unpaired) electrons. The average molecular weight is 336 g/mol. The van der Waals surface area contributed by atoms with Gasteiger partial charge in [-0.25, -0.2) is 13.8 Å². The van der Waals surface area contributed by atoms with Crippen LogP contribution in [0.5, 0.6) is 0 Å². The number of anilines is 1. The first-order valence-electron chi connectivity index (χ1n) is 7.53. The van der Waals surface area contributed by atoms with E-state index in [2.05, 4.69) is 16.9 Å². The normalized spacial score (nSPS) is 10.3. The molecule has 0 atom stereocenters. The van der Waals surface area contributed by atoms with Crippen molar-refractivity contribution >= 4 is 11.6 Å². The first kappa shape index (κ1) is 16.5. The van der Waals surface area contributed by atoms with Crippen molar-refractivity contribution in [2.24, 2.45) is 0 Å². The minimum atomic E-state index is -0.670. The SMILES string of the molecule is C=CC(=O)Nc1cccc(-c2cccc(-c3ccc(F)cc3F)n2)c1. The molecule has 0 aliphatic heterocycles. The Morgan fingerprint density at radius 2 is 1.76 bits per heavy atom. The molecular weight excluding hydrogens is 322 g/mol. The van der Waals surface area contributed by atoms with Gasteiger partial charge in [0.25, 0.3) is 0 Å². The summed E-state index contributed by atoms with van der Waals surface area (Å²) in [5.41, 5.74) is 2.58. The van der Waals surface area contributed by atoms with Crippen molar-refractivity contribution in [2.45, 2.75) is 0 Å². The Hall–Kier alpha value is -3.34. The Labute approximate surface area is 143 Å². The van der Waals surface area contributed by atoms with Crippen LogP contribution < -0.4 is 5.32 Å². The molecule has 25 heavy (non-hydrogen) atoms. The summed E-state index contributed by atoms with van der Waals surface area (Å²) in [5.74, 6) is -1.62. The van der Waals surface area contributed by atoms with Crippen LogP contribution in [0, 0.1) is 11.6 Å². The first-order valence-corrected chi connectivity index (χ1v) is 7.53. The van der Waals surface area contributed by atoms with Crippen molar-refractivity contribution in [3.8, 4) is 22.5 Å². The van der Waals surface area contributed by atoms with Crippen molar-refractivity contribution in [3.63, 3.8) is 0 Å². The Kier molecular flexibility index (Phi) is 4.66. The predicted octanol–water partition coefficient (Wildman–Crippen LogP) is 4.82. The van der Waals surface area contributed by atoms with Crippen LogP contribution in [0.4, 0.5) is 14.5 Å². The maximum atomic E-state index is 14.0. The third-order valence-electron chi connectivity index (χ3n) is 3.57. The number of amides is 1. The van der Waals surface area contributed by atoms with Crippen molar-refractivity contribution in [1.29, 1.82) is 0 Å². The summed E-state index contributed by atoms with van der Waals surface area (Å²) < 4.78 is 27.1. The number of hydrogen-bond donors (Lipinski definition) is 1. The third kappa shape index (κ3) is 3.77. The molecule has 0 aliphatic carbocycles. The summed E-state index contributed by atoms with van der Waals surface area (Å²) in [5, 5.41) is 2.68. The molecule has 5 heteroatoms. The van der Waals surface area contributed by atoms with Gasteiger partial charge in [-0.15, -0.1) is 0 Å². The van der Waals surface area contributed by atoms with Crippen LogP contribution >= 0.6 is 0 Å². The van der Waals surface area contributed by atoms with Crippen LogP contribution in [0.3, 0.4) is 0 Å². The van der Waals surface area contributed by atoms with Gasteiger partial charge < -0.3 is 5.32 Å². The molecule has 3 nitrogen and oxygen atoms in total. The number of aromatic nitrogens is 1. The van der Waals surface area contributed by atoms with Gasteiger partial charge in [0.05, 0.1) is 11.4 Å². The topological polar surface area (TPSA) is 42.0 Å². The lowest BCUT2D eigenvalue weighted by Gasteiger charge is -2.08. The first-order chi connectivity index (χ1) is 12.1. The second-order valence-electron chi connectivity index (χ2n) is 5.31. The van der Waals surface area contributed by atoms with E-state index in [1.54, 1.807) is 36.4 Å². The summed E-state index contributed by atoms with van der Waals surface area (Å²) in [6, 6.07) is 15.7. The highest BCUT2D eigenvalue weighted by Crippen LogP contribution is 2.26. The van der Waals surface area contributed by atoms with E-state index in [0.29, 0.717) is 17.1 Å². The second-order valence-corrected chi connectivity index (χ2v) is 5.31. The number of nitrogens with one attached hydrogen (secondary N) is 1. The zero-order valence-corrected chi connectivity index (χ0v) is 13.2. The van der Waals surface area contributed by atoms with E-state index in [4.69, 9.17) is 0 Å². The minimum absolute atomic E-state index is 0.222. The van der Waals surface area contributed by atoms with Gasteiger partial charge in [-0.2, -0.15) is 0 Å². The van der Waals surface area contributed by atoms with Gasteiger partial charge in [-0.3, -0.25) is 4.79 Å². The molecule has 3 rings (SSSR count). The van der Waals surface area contributed by atoms with Crippen molar-refractivity contribution in [2.75, 3.05) is 5.32 Å². The highest BCUT2D eigenvalue weighted by Gasteiger charge is 2.09. The molecule has 0 bridgehead atoms. The van der Waals surface area contributed by atoms with E-state index in [9.17, 15) is 13.6 Å². The number of benzene rings is 2. The van der Waals surface area contributed by atoms with Gasteiger partial charge in [-0.1, -0.05) is 24.8 Å². The van der Waals surface area contributed by atoms with Gasteiger partial charge in [0.2, 0.25) is 5.91 Å². The number of hydrogen-bond acceptors (Lipinski definition) is 2. The quantitative estimate of drug-likeness (QED) is 0.694. The summed E-state index contributed by atoms with van der Waals surface area (Å²) in [7, 11) is 0. The number of pyridine rings is 1. The molecular formula is C20H14F2N2O. The van der Waals surface area contributed by atoms with Crippen LogP contribution in [-0.2, 0) is 4.79 Å². The minimum Gasteiger partial charge on any atom is -0.323 e. The lowest BCUT2D eigenvalue weighted by molar-refractivity contribution is -0.111. The number of rotatable bonds is 4. The number of carbonyl (C=O) groups is 1. The summed E-state index contributed by atoms with van der Waals surface area (Å²) in [4.78, 5) is 15.9. The highest BCUT2D eigenvalue weighted by atomic mass is 19.1. The van der Waals surface area contributed by atoms with E-state index in [1.807, 2.05) is 6.07 Å². The Morgan fingerprint density at radius 3 is 2.52 bits per heavy atom. The van der Waals surface area contributed by atoms with Crippen molar-refractivity contribution in [1.82, 2.24) is 4.98 Å². The number of halogens is 2. The Morgan fingerprint density at radius 1 is 1.00 bits per heavy atom. The predicted molar refractivity (Wildman–Crippen MR) is 93.9 cm³/mol. The largest absolute Gasteiger partial charge is 0.323 e. The van der Waals surface area contributed by atoms with E-state index >= 15 is 0 Å². The van der Waals surface area contributed by atoms with E-state index in [-0.39, 0.29) is 11.5 Å². The van der Waals surface area contributed by atoms with Crippen LogP contribution in [0.25, 0.3) is 22.5 Å². The molecule has 1 aromatic heterocycles. The fourth-order valence-electron chi connectivity index (χ4n) is 2.39. The van der Waals surface area contributed by atoms with Crippen LogP contribution in [0.1, 0.15) is 0 Å². The van der Waals surface area contributed by atoms with Crippen LogP contribution in [0.2, 0.25) is 0 Å². The van der Waals surface area contributed by atoms with E-state index < -0.39 is 11.6 Å². The van der Waals surface area contributed by atoms with E-state index in [1.165, 1.54) is 18.2 Å². The van der Waals surface area contributed by atoms with E-state index in [0.717, 1.165) is 11.6 Å². The summed E-state index contributed by atoms with van der Waals surface area (Å²) in [6.45, 7) is 3.41. The maximum absolute atomic E-state index is 14.0. The molecule has 1 heterocycles. The standard InChI is InChI=1S/C20H14F2N2O/c1-2-20(25)23-15-6-3-5-13(11-15)18-7-4-8-19(24-18)16-10-9-14(21)12-17(16)22/h2-12H,1H2,(H,23,25). The lowest BCUT2D eigenvalue weighted by atomic mass is 10.1.